The summed E-state index contributed by atoms with van der Waals surface area (Å²) in [7, 11) is 0. The maximum absolute atomic E-state index is 12.3. The van der Waals surface area contributed by atoms with Gasteiger partial charge in [-0.15, -0.1) is 11.6 Å². The molecular weight excluding hydrogens is 254 g/mol. The lowest BCUT2D eigenvalue weighted by Crippen LogP contribution is -2.42. The number of amides is 1. The number of carbonyl (C=O) groups excluding carboxylic acids is 2. The Balaban J connectivity index is 2.50. The molecule has 1 N–H and O–H groups in total. The van der Waals surface area contributed by atoms with E-state index in [4.69, 9.17) is 11.6 Å². The Morgan fingerprint density at radius 1 is 1.44 bits per heavy atom. The third kappa shape index (κ3) is 1.91. The van der Waals surface area contributed by atoms with Crippen LogP contribution < -0.4 is 4.90 Å². The van der Waals surface area contributed by atoms with Crippen LogP contribution in [0.3, 0.4) is 0 Å². The summed E-state index contributed by atoms with van der Waals surface area (Å²) in [6, 6.07) is 6.94. The SMILES string of the molecule is CC(=O)C[C@@]1(O)C(=O)N(CCCl)c2ccccc21. The van der Waals surface area contributed by atoms with E-state index in [0.29, 0.717) is 17.8 Å². The monoisotopic (exact) mass is 267 g/mol. The predicted molar refractivity (Wildman–Crippen MR) is 68.7 cm³/mol. The average molecular weight is 268 g/mol. The zero-order chi connectivity index (χ0) is 13.3. The van der Waals surface area contributed by atoms with Crippen molar-refractivity contribution < 1.29 is 14.7 Å². The highest BCUT2D eigenvalue weighted by Crippen LogP contribution is 2.42. The van der Waals surface area contributed by atoms with E-state index < -0.39 is 11.5 Å². The van der Waals surface area contributed by atoms with Crippen LogP contribution in [0.2, 0.25) is 0 Å². The first kappa shape index (κ1) is 13.1. The number of hydrogen-bond acceptors (Lipinski definition) is 3. The summed E-state index contributed by atoms with van der Waals surface area (Å²) in [5.74, 6) is -0.427. The van der Waals surface area contributed by atoms with Gasteiger partial charge in [-0.05, 0) is 13.0 Å². The molecule has 1 heterocycles. The maximum atomic E-state index is 12.3. The van der Waals surface area contributed by atoms with Gasteiger partial charge < -0.3 is 10.0 Å². The summed E-state index contributed by atoms with van der Waals surface area (Å²) < 4.78 is 0. The van der Waals surface area contributed by atoms with E-state index in [-0.39, 0.29) is 18.1 Å². The summed E-state index contributed by atoms with van der Waals surface area (Å²) in [6.07, 6.45) is -0.207. The van der Waals surface area contributed by atoms with Gasteiger partial charge in [0.15, 0.2) is 5.60 Å². The fraction of sp³-hybridized carbons (Fsp3) is 0.385. The maximum Gasteiger partial charge on any atom is 0.264 e. The van der Waals surface area contributed by atoms with Crippen molar-refractivity contribution in [3.63, 3.8) is 0 Å². The molecule has 1 aliphatic rings. The van der Waals surface area contributed by atoms with Gasteiger partial charge in [-0.2, -0.15) is 0 Å². The van der Waals surface area contributed by atoms with Gasteiger partial charge in [-0.3, -0.25) is 9.59 Å². The summed E-state index contributed by atoms with van der Waals surface area (Å²) in [5.41, 5.74) is -0.628. The Morgan fingerprint density at radius 2 is 2.11 bits per heavy atom. The average Bonchev–Trinajstić information content (AvgIpc) is 2.52. The van der Waals surface area contributed by atoms with Gasteiger partial charge >= 0.3 is 0 Å². The number of hydrogen-bond donors (Lipinski definition) is 1. The van der Waals surface area contributed by atoms with Crippen LogP contribution in [0, 0.1) is 0 Å². The number of Topliss-reactive ketones (excluding diaryl/α,β-unsaturated/α-hetero) is 1. The molecule has 0 saturated carbocycles. The molecule has 0 aromatic heterocycles. The van der Waals surface area contributed by atoms with E-state index in [1.165, 1.54) is 11.8 Å². The highest BCUT2D eigenvalue weighted by Gasteiger charge is 2.49. The molecule has 0 fully saturated rings. The number of halogens is 1. The van der Waals surface area contributed by atoms with E-state index >= 15 is 0 Å². The van der Waals surface area contributed by atoms with Gasteiger partial charge in [0.25, 0.3) is 5.91 Å². The topological polar surface area (TPSA) is 57.6 Å². The fourth-order valence-electron chi connectivity index (χ4n) is 2.34. The Kier molecular flexibility index (Phi) is 3.41. The summed E-state index contributed by atoms with van der Waals surface area (Å²) >= 11 is 5.67. The first-order valence-corrected chi connectivity index (χ1v) is 6.23. The second kappa shape index (κ2) is 4.71. The smallest absolute Gasteiger partial charge is 0.264 e. The number of benzene rings is 1. The molecule has 1 amide bonds. The molecule has 96 valence electrons. The molecule has 18 heavy (non-hydrogen) atoms. The third-order valence-corrected chi connectivity index (χ3v) is 3.22. The van der Waals surface area contributed by atoms with Gasteiger partial charge in [0.05, 0.1) is 5.69 Å². The van der Waals surface area contributed by atoms with E-state index in [2.05, 4.69) is 0 Å². The molecule has 4 nitrogen and oxygen atoms in total. The molecule has 2 rings (SSSR count). The van der Waals surface area contributed by atoms with Gasteiger partial charge in [0.2, 0.25) is 0 Å². The second-order valence-corrected chi connectivity index (χ2v) is 4.78. The van der Waals surface area contributed by atoms with Gasteiger partial charge in [0, 0.05) is 24.4 Å². The fourth-order valence-corrected chi connectivity index (χ4v) is 2.51. The number of anilines is 1. The van der Waals surface area contributed by atoms with Gasteiger partial charge in [-0.25, -0.2) is 0 Å². The number of fused-ring (bicyclic) bond motifs is 1. The van der Waals surface area contributed by atoms with Crippen LogP contribution in [0.1, 0.15) is 18.9 Å². The molecule has 1 aliphatic heterocycles. The molecule has 1 aromatic rings. The van der Waals surface area contributed by atoms with Crippen molar-refractivity contribution in [1.29, 1.82) is 0 Å². The number of ketones is 1. The van der Waals surface area contributed by atoms with Crippen LogP contribution in [0.15, 0.2) is 24.3 Å². The summed E-state index contributed by atoms with van der Waals surface area (Å²) in [6.45, 7) is 1.68. The first-order valence-electron chi connectivity index (χ1n) is 5.70. The molecule has 0 spiro atoms. The molecular formula is C13H14ClNO3. The van der Waals surface area contributed by atoms with Crippen molar-refractivity contribution in [3.8, 4) is 0 Å². The number of nitrogens with zero attached hydrogens (tertiary/aromatic N) is 1. The van der Waals surface area contributed by atoms with Crippen molar-refractivity contribution in [3.05, 3.63) is 29.8 Å². The number of aliphatic hydroxyl groups is 1. The Morgan fingerprint density at radius 3 is 2.72 bits per heavy atom. The second-order valence-electron chi connectivity index (χ2n) is 4.40. The minimum atomic E-state index is -1.74. The van der Waals surface area contributed by atoms with E-state index in [9.17, 15) is 14.7 Å². The highest BCUT2D eigenvalue weighted by molar-refractivity contribution is 6.19. The highest BCUT2D eigenvalue weighted by atomic mass is 35.5. The molecule has 0 aliphatic carbocycles. The molecule has 5 heteroatoms. The van der Waals surface area contributed by atoms with Crippen LogP contribution >= 0.6 is 11.6 Å². The Labute approximate surface area is 110 Å². The normalized spacial score (nSPS) is 22.2. The van der Waals surface area contributed by atoms with Gasteiger partial charge in [0.1, 0.15) is 5.78 Å². The lowest BCUT2D eigenvalue weighted by molar-refractivity contribution is -0.141. The summed E-state index contributed by atoms with van der Waals surface area (Å²) in [5, 5.41) is 10.5. The van der Waals surface area contributed by atoms with Crippen LogP contribution in [-0.4, -0.2) is 29.2 Å². The van der Waals surface area contributed by atoms with Crippen LogP contribution in [-0.2, 0) is 15.2 Å². The van der Waals surface area contributed by atoms with Gasteiger partial charge in [-0.1, -0.05) is 18.2 Å². The van der Waals surface area contributed by atoms with Crippen LogP contribution in [0.25, 0.3) is 0 Å². The van der Waals surface area contributed by atoms with Crippen LogP contribution in [0.5, 0.6) is 0 Å². The number of alkyl halides is 1. The minimum Gasteiger partial charge on any atom is -0.375 e. The molecule has 1 atom stereocenters. The van der Waals surface area contributed by atoms with Crippen molar-refractivity contribution in [2.75, 3.05) is 17.3 Å². The lowest BCUT2D eigenvalue weighted by Gasteiger charge is -2.21. The molecule has 0 bridgehead atoms. The molecule has 0 saturated heterocycles. The summed E-state index contributed by atoms with van der Waals surface area (Å²) in [4.78, 5) is 25.0. The number of rotatable bonds is 4. The van der Waals surface area contributed by atoms with E-state index in [1.807, 2.05) is 0 Å². The standard InChI is InChI=1S/C13H14ClNO3/c1-9(16)8-13(18)10-4-2-3-5-11(10)15(7-6-14)12(13)17/h2-5,18H,6-8H2,1H3/t13-/m0/s1. The van der Waals surface area contributed by atoms with Crippen molar-refractivity contribution in [2.45, 2.75) is 18.9 Å². The molecule has 0 unspecified atom stereocenters. The predicted octanol–water partition coefficient (Wildman–Crippen LogP) is 1.44. The zero-order valence-corrected chi connectivity index (χ0v) is 10.8. The first-order chi connectivity index (χ1) is 8.50. The van der Waals surface area contributed by atoms with Crippen molar-refractivity contribution in [1.82, 2.24) is 0 Å². The zero-order valence-electron chi connectivity index (χ0n) is 10.0. The minimum absolute atomic E-state index is 0.207. The largest absolute Gasteiger partial charge is 0.375 e. The Hall–Kier alpha value is -1.39. The quantitative estimate of drug-likeness (QED) is 0.840. The molecule has 1 aromatic carbocycles. The number of para-hydroxylation sites is 1. The van der Waals surface area contributed by atoms with Crippen LogP contribution in [0.4, 0.5) is 5.69 Å². The van der Waals surface area contributed by atoms with Crippen molar-refractivity contribution >= 4 is 29.0 Å². The third-order valence-electron chi connectivity index (χ3n) is 3.05. The number of carbonyl (C=O) groups is 2. The van der Waals surface area contributed by atoms with Crippen molar-refractivity contribution in [2.24, 2.45) is 0 Å². The van der Waals surface area contributed by atoms with E-state index in [1.54, 1.807) is 24.3 Å². The Bertz CT molecular complexity index is 503. The molecule has 0 radical (unpaired) electrons. The lowest BCUT2D eigenvalue weighted by atomic mass is 9.90. The van der Waals surface area contributed by atoms with E-state index in [0.717, 1.165) is 0 Å².